The van der Waals surface area contributed by atoms with Gasteiger partial charge in [-0.3, -0.25) is 9.59 Å². The van der Waals surface area contributed by atoms with E-state index < -0.39 is 17.8 Å². The normalized spacial score (nSPS) is 14.3. The molecule has 2 rings (SSSR count). The van der Waals surface area contributed by atoms with Crippen molar-refractivity contribution in [2.75, 3.05) is 12.0 Å². The highest BCUT2D eigenvalue weighted by Gasteiger charge is 2.25. The molecule has 1 aliphatic rings. The zero-order chi connectivity index (χ0) is 12.4. The number of carbonyl (C=O) groups excluding carboxylic acids is 3. The average molecular weight is 231 g/mol. The predicted octanol–water partition coefficient (Wildman–Crippen LogP) is 0.903. The molecule has 0 N–H and O–H groups in total. The van der Waals surface area contributed by atoms with E-state index >= 15 is 0 Å². The van der Waals surface area contributed by atoms with Crippen molar-refractivity contribution in [2.45, 2.75) is 0 Å². The van der Waals surface area contributed by atoms with E-state index in [4.69, 9.17) is 0 Å². The summed E-state index contributed by atoms with van der Waals surface area (Å²) in [6.07, 6.45) is 2.38. The Kier molecular flexibility index (Phi) is 2.74. The Balaban J connectivity index is 2.37. The minimum atomic E-state index is -0.515. The van der Waals surface area contributed by atoms with Crippen LogP contribution in [-0.4, -0.2) is 24.9 Å². The lowest BCUT2D eigenvalue weighted by Gasteiger charge is -2.14. The Labute approximate surface area is 97.3 Å². The molecule has 17 heavy (non-hydrogen) atoms. The second-order valence-electron chi connectivity index (χ2n) is 3.39. The topological polar surface area (TPSA) is 63.7 Å². The SMILES string of the molecule is COC(=O)c1cccc(N2C(=O)C=CC2=O)c1. The van der Waals surface area contributed by atoms with Gasteiger partial charge >= 0.3 is 5.97 Å². The van der Waals surface area contributed by atoms with Crippen LogP contribution >= 0.6 is 0 Å². The fourth-order valence-electron chi connectivity index (χ4n) is 1.54. The minimum absolute atomic E-state index is 0.289. The van der Waals surface area contributed by atoms with Crippen LogP contribution in [-0.2, 0) is 14.3 Å². The van der Waals surface area contributed by atoms with Gasteiger partial charge in [-0.1, -0.05) is 6.07 Å². The van der Waals surface area contributed by atoms with Crippen molar-refractivity contribution >= 4 is 23.5 Å². The number of hydrogen-bond donors (Lipinski definition) is 0. The van der Waals surface area contributed by atoms with Crippen molar-refractivity contribution in [1.29, 1.82) is 0 Å². The molecule has 1 aromatic carbocycles. The monoisotopic (exact) mass is 231 g/mol. The first-order chi connectivity index (χ1) is 8.13. The summed E-state index contributed by atoms with van der Waals surface area (Å²) < 4.78 is 4.56. The molecule has 0 radical (unpaired) electrons. The van der Waals surface area contributed by atoms with Gasteiger partial charge in [0.2, 0.25) is 0 Å². The number of rotatable bonds is 2. The van der Waals surface area contributed by atoms with Crippen LogP contribution in [0.25, 0.3) is 0 Å². The number of methoxy groups -OCH3 is 1. The minimum Gasteiger partial charge on any atom is -0.465 e. The van der Waals surface area contributed by atoms with Gasteiger partial charge in [-0.15, -0.1) is 0 Å². The Hall–Kier alpha value is -2.43. The molecule has 0 unspecified atom stereocenters. The lowest BCUT2D eigenvalue weighted by atomic mass is 10.2. The lowest BCUT2D eigenvalue weighted by molar-refractivity contribution is -0.119. The Bertz CT molecular complexity index is 515. The molecule has 86 valence electrons. The highest BCUT2D eigenvalue weighted by Crippen LogP contribution is 2.20. The number of anilines is 1. The molecular formula is C12H9NO4. The van der Waals surface area contributed by atoms with Gasteiger partial charge in [-0.2, -0.15) is 0 Å². The van der Waals surface area contributed by atoms with Gasteiger partial charge in [0.15, 0.2) is 0 Å². The van der Waals surface area contributed by atoms with Crippen LogP contribution in [0.5, 0.6) is 0 Å². The first-order valence-electron chi connectivity index (χ1n) is 4.88. The molecule has 0 fully saturated rings. The number of esters is 1. The molecule has 1 heterocycles. The molecule has 0 saturated heterocycles. The maximum Gasteiger partial charge on any atom is 0.337 e. The van der Waals surface area contributed by atoms with Crippen LogP contribution in [0.1, 0.15) is 10.4 Å². The summed E-state index contributed by atoms with van der Waals surface area (Å²) in [7, 11) is 1.27. The second kappa shape index (κ2) is 4.21. The third-order valence-electron chi connectivity index (χ3n) is 2.33. The van der Waals surface area contributed by atoms with Gasteiger partial charge in [-0.25, -0.2) is 9.69 Å². The fourth-order valence-corrected chi connectivity index (χ4v) is 1.54. The average Bonchev–Trinajstić information content (AvgIpc) is 2.68. The molecule has 5 nitrogen and oxygen atoms in total. The Morgan fingerprint density at radius 2 is 1.82 bits per heavy atom. The van der Waals surface area contributed by atoms with Gasteiger partial charge in [0.25, 0.3) is 11.8 Å². The molecule has 0 atom stereocenters. The van der Waals surface area contributed by atoms with E-state index in [1.165, 1.54) is 25.3 Å². The summed E-state index contributed by atoms with van der Waals surface area (Å²) in [4.78, 5) is 35.2. The molecule has 2 amide bonds. The maximum absolute atomic E-state index is 11.4. The van der Waals surface area contributed by atoms with E-state index in [1.54, 1.807) is 18.2 Å². The zero-order valence-electron chi connectivity index (χ0n) is 9.04. The summed E-state index contributed by atoms with van der Waals surface area (Å²) >= 11 is 0. The van der Waals surface area contributed by atoms with Crippen LogP contribution < -0.4 is 4.90 Å². The Morgan fingerprint density at radius 3 is 2.41 bits per heavy atom. The van der Waals surface area contributed by atoms with Crippen molar-refractivity contribution in [3.05, 3.63) is 42.0 Å². The number of hydrogen-bond acceptors (Lipinski definition) is 4. The van der Waals surface area contributed by atoms with Gasteiger partial charge in [-0.05, 0) is 18.2 Å². The summed E-state index contributed by atoms with van der Waals surface area (Å²) in [5.74, 6) is -1.35. The number of imide groups is 1. The molecular weight excluding hydrogens is 222 g/mol. The lowest BCUT2D eigenvalue weighted by Crippen LogP contribution is -2.29. The van der Waals surface area contributed by atoms with Crippen molar-refractivity contribution in [3.8, 4) is 0 Å². The zero-order valence-corrected chi connectivity index (χ0v) is 9.04. The molecule has 0 saturated carbocycles. The largest absolute Gasteiger partial charge is 0.465 e. The van der Waals surface area contributed by atoms with Gasteiger partial charge < -0.3 is 4.74 Å². The standard InChI is InChI=1S/C12H9NO4/c1-17-12(16)8-3-2-4-9(7-8)13-10(14)5-6-11(13)15/h2-7H,1H3. The van der Waals surface area contributed by atoms with Gasteiger partial charge in [0, 0.05) is 12.2 Å². The van der Waals surface area contributed by atoms with Crippen LogP contribution in [0.2, 0.25) is 0 Å². The highest BCUT2D eigenvalue weighted by atomic mass is 16.5. The van der Waals surface area contributed by atoms with Gasteiger partial charge in [0.1, 0.15) is 0 Å². The van der Waals surface area contributed by atoms with E-state index in [9.17, 15) is 14.4 Å². The predicted molar refractivity (Wildman–Crippen MR) is 59.4 cm³/mol. The molecule has 1 aromatic rings. The highest BCUT2D eigenvalue weighted by molar-refractivity contribution is 6.28. The van der Waals surface area contributed by atoms with E-state index in [2.05, 4.69) is 4.74 Å². The smallest absolute Gasteiger partial charge is 0.337 e. The van der Waals surface area contributed by atoms with Crippen molar-refractivity contribution in [1.82, 2.24) is 0 Å². The third-order valence-corrected chi connectivity index (χ3v) is 2.33. The van der Waals surface area contributed by atoms with E-state index in [0.29, 0.717) is 5.69 Å². The van der Waals surface area contributed by atoms with Crippen LogP contribution in [0.4, 0.5) is 5.69 Å². The Morgan fingerprint density at radius 1 is 1.18 bits per heavy atom. The molecule has 0 bridgehead atoms. The van der Waals surface area contributed by atoms with Crippen LogP contribution in [0.3, 0.4) is 0 Å². The van der Waals surface area contributed by atoms with Crippen molar-refractivity contribution in [2.24, 2.45) is 0 Å². The summed E-state index contributed by atoms with van der Waals surface area (Å²) in [6, 6.07) is 6.15. The first-order valence-corrected chi connectivity index (χ1v) is 4.88. The quantitative estimate of drug-likeness (QED) is 0.560. The number of ether oxygens (including phenoxy) is 1. The molecule has 0 aliphatic carbocycles. The number of amides is 2. The maximum atomic E-state index is 11.4. The van der Waals surface area contributed by atoms with Crippen molar-refractivity contribution in [3.63, 3.8) is 0 Å². The number of benzene rings is 1. The first kappa shape index (κ1) is 11.1. The van der Waals surface area contributed by atoms with Gasteiger partial charge in [0.05, 0.1) is 18.4 Å². The summed E-state index contributed by atoms with van der Waals surface area (Å²) in [6.45, 7) is 0. The molecule has 0 spiro atoms. The summed E-state index contributed by atoms with van der Waals surface area (Å²) in [5, 5.41) is 0. The summed E-state index contributed by atoms with van der Waals surface area (Å²) in [5.41, 5.74) is 0.644. The second-order valence-corrected chi connectivity index (χ2v) is 3.39. The van der Waals surface area contributed by atoms with E-state index in [1.807, 2.05) is 0 Å². The fraction of sp³-hybridized carbons (Fsp3) is 0.0833. The van der Waals surface area contributed by atoms with Crippen LogP contribution in [0, 0.1) is 0 Å². The van der Waals surface area contributed by atoms with E-state index in [0.717, 1.165) is 4.90 Å². The van der Waals surface area contributed by atoms with Crippen LogP contribution in [0.15, 0.2) is 36.4 Å². The number of nitrogens with zero attached hydrogens (tertiary/aromatic N) is 1. The van der Waals surface area contributed by atoms with E-state index in [-0.39, 0.29) is 5.56 Å². The third kappa shape index (κ3) is 1.94. The molecule has 1 aliphatic heterocycles. The van der Waals surface area contributed by atoms with Crippen molar-refractivity contribution < 1.29 is 19.1 Å². The number of carbonyl (C=O) groups is 3. The molecule has 0 aromatic heterocycles. The molecule has 5 heteroatoms.